The van der Waals surface area contributed by atoms with Crippen molar-refractivity contribution in [2.24, 2.45) is 0 Å². The summed E-state index contributed by atoms with van der Waals surface area (Å²) in [6, 6.07) is 16.9. The van der Waals surface area contributed by atoms with E-state index in [1.54, 1.807) is 12.1 Å². The van der Waals surface area contributed by atoms with Crippen LogP contribution in [0.2, 0.25) is 0 Å². The summed E-state index contributed by atoms with van der Waals surface area (Å²) in [6.07, 6.45) is 0. The normalized spacial score (nSPS) is 11.2. The van der Waals surface area contributed by atoms with Crippen LogP contribution in [0.4, 0.5) is 0 Å². The van der Waals surface area contributed by atoms with Gasteiger partial charge in [-0.2, -0.15) is 0 Å². The molecule has 0 bridgehead atoms. The lowest BCUT2D eigenvalue weighted by Crippen LogP contribution is -2.00. The molecule has 0 aliphatic rings. The van der Waals surface area contributed by atoms with Crippen molar-refractivity contribution in [3.05, 3.63) is 75.3 Å². The molecular weight excluding hydrogens is 308 g/mol. The first-order chi connectivity index (χ1) is 11.1. The maximum Gasteiger partial charge on any atom is 0.347 e. The second-order valence-electron chi connectivity index (χ2n) is 5.39. The second kappa shape index (κ2) is 5.18. The molecular formula is C19H12O3S. The number of hydrogen-bond acceptors (Lipinski definition) is 4. The maximum atomic E-state index is 12.3. The molecule has 2 heterocycles. The lowest BCUT2D eigenvalue weighted by Gasteiger charge is -2.07. The molecule has 0 amide bonds. The van der Waals surface area contributed by atoms with Crippen LogP contribution < -0.4 is 5.63 Å². The van der Waals surface area contributed by atoms with Gasteiger partial charge in [0.05, 0.1) is 5.39 Å². The number of fused-ring (bicyclic) bond motifs is 3. The zero-order valence-corrected chi connectivity index (χ0v) is 13.1. The molecule has 2 aromatic carbocycles. The molecule has 0 spiro atoms. The van der Waals surface area contributed by atoms with Crippen LogP contribution in [0.25, 0.3) is 33.1 Å². The van der Waals surface area contributed by atoms with Gasteiger partial charge in [-0.05, 0) is 48.5 Å². The summed E-state index contributed by atoms with van der Waals surface area (Å²) in [5, 5.41) is 1.14. The van der Waals surface area contributed by atoms with E-state index in [-0.39, 0.29) is 0 Å². The molecule has 112 valence electrons. The zero-order chi connectivity index (χ0) is 16.0. The van der Waals surface area contributed by atoms with Crippen LogP contribution in [-0.4, -0.2) is 0 Å². The van der Waals surface area contributed by atoms with E-state index in [4.69, 9.17) is 21.1 Å². The Balaban J connectivity index is 2.15. The molecule has 4 rings (SSSR count). The highest BCUT2D eigenvalue weighted by molar-refractivity contribution is 7.71. The van der Waals surface area contributed by atoms with Crippen molar-refractivity contribution in [1.82, 2.24) is 0 Å². The molecule has 3 nitrogen and oxygen atoms in total. The van der Waals surface area contributed by atoms with Gasteiger partial charge in [0, 0.05) is 5.56 Å². The minimum atomic E-state index is -0.424. The fraction of sp³-hybridized carbons (Fsp3) is 0.0526. The van der Waals surface area contributed by atoms with Gasteiger partial charge < -0.3 is 8.83 Å². The number of rotatable bonds is 1. The summed E-state index contributed by atoms with van der Waals surface area (Å²) in [5.74, 6) is 0. The Hall–Kier alpha value is -2.72. The summed E-state index contributed by atoms with van der Waals surface area (Å²) in [5.41, 5.74) is 3.29. The number of aryl methyl sites for hydroxylation is 1. The first-order valence-electron chi connectivity index (χ1n) is 7.21. The van der Waals surface area contributed by atoms with Crippen molar-refractivity contribution in [2.75, 3.05) is 0 Å². The molecule has 2 aromatic heterocycles. The van der Waals surface area contributed by atoms with Crippen molar-refractivity contribution in [1.29, 1.82) is 0 Å². The molecule has 0 saturated heterocycles. The van der Waals surface area contributed by atoms with Gasteiger partial charge in [-0.15, -0.1) is 0 Å². The van der Waals surface area contributed by atoms with Gasteiger partial charge in [0.15, 0.2) is 10.3 Å². The van der Waals surface area contributed by atoms with Crippen LogP contribution in [0.15, 0.2) is 68.2 Å². The molecule has 0 unspecified atom stereocenters. The molecule has 0 fully saturated rings. The smallest absolute Gasteiger partial charge is 0.347 e. The predicted molar refractivity (Wildman–Crippen MR) is 93.3 cm³/mol. The quantitative estimate of drug-likeness (QED) is 0.273. The Kier molecular flexibility index (Phi) is 3.13. The van der Waals surface area contributed by atoms with Crippen molar-refractivity contribution in [3.8, 4) is 11.1 Å². The molecule has 0 saturated carbocycles. The van der Waals surface area contributed by atoms with Crippen LogP contribution in [0.5, 0.6) is 0 Å². The number of para-hydroxylation sites is 1. The van der Waals surface area contributed by atoms with Crippen LogP contribution in [0, 0.1) is 11.6 Å². The first-order valence-corrected chi connectivity index (χ1v) is 7.62. The summed E-state index contributed by atoms with van der Waals surface area (Å²) in [7, 11) is 0. The number of benzene rings is 2. The molecule has 0 aliphatic carbocycles. The van der Waals surface area contributed by atoms with Crippen LogP contribution in [0.3, 0.4) is 0 Å². The average Bonchev–Trinajstić information content (AvgIpc) is 2.55. The Morgan fingerprint density at radius 2 is 1.61 bits per heavy atom. The van der Waals surface area contributed by atoms with Crippen molar-refractivity contribution >= 4 is 34.2 Å². The Morgan fingerprint density at radius 3 is 2.43 bits per heavy atom. The summed E-state index contributed by atoms with van der Waals surface area (Å²) >= 11 is 5.43. The summed E-state index contributed by atoms with van der Waals surface area (Å²) in [4.78, 5) is 12.3. The van der Waals surface area contributed by atoms with E-state index in [1.165, 1.54) is 0 Å². The van der Waals surface area contributed by atoms with E-state index in [1.807, 2.05) is 49.4 Å². The molecule has 23 heavy (non-hydrogen) atoms. The molecule has 0 radical (unpaired) electrons. The molecule has 4 heteroatoms. The fourth-order valence-corrected chi connectivity index (χ4v) is 3.04. The SMILES string of the molecule is Cc1ccccc1-c1cc2c(=O)oc3ccccc3c2oc1=S. The third-order valence-corrected chi connectivity index (χ3v) is 4.24. The van der Waals surface area contributed by atoms with E-state index < -0.39 is 5.63 Å². The second-order valence-corrected chi connectivity index (χ2v) is 5.76. The Labute approximate surface area is 136 Å². The van der Waals surface area contributed by atoms with Gasteiger partial charge in [0.1, 0.15) is 11.0 Å². The van der Waals surface area contributed by atoms with Gasteiger partial charge in [-0.25, -0.2) is 4.79 Å². The average molecular weight is 320 g/mol. The van der Waals surface area contributed by atoms with Gasteiger partial charge >= 0.3 is 5.63 Å². The van der Waals surface area contributed by atoms with E-state index in [0.717, 1.165) is 22.1 Å². The van der Waals surface area contributed by atoms with E-state index in [2.05, 4.69) is 0 Å². The minimum absolute atomic E-state index is 0.363. The molecule has 0 aliphatic heterocycles. The van der Waals surface area contributed by atoms with Crippen molar-refractivity contribution in [3.63, 3.8) is 0 Å². The minimum Gasteiger partial charge on any atom is -0.444 e. The van der Waals surface area contributed by atoms with Crippen molar-refractivity contribution < 1.29 is 8.83 Å². The Bertz CT molecular complexity index is 1170. The van der Waals surface area contributed by atoms with E-state index >= 15 is 0 Å². The Morgan fingerprint density at radius 1 is 0.870 bits per heavy atom. The lowest BCUT2D eigenvalue weighted by atomic mass is 10.0. The van der Waals surface area contributed by atoms with Crippen molar-refractivity contribution in [2.45, 2.75) is 6.92 Å². The van der Waals surface area contributed by atoms with Crippen LogP contribution in [0.1, 0.15) is 5.56 Å². The van der Waals surface area contributed by atoms with E-state index in [9.17, 15) is 4.79 Å². The standard InChI is InChI=1S/C19H12O3S/c1-11-6-2-3-7-12(11)14-10-15-17(22-19(14)23)13-8-4-5-9-16(13)21-18(15)20/h2-10H,1H3. The third-order valence-electron chi connectivity index (χ3n) is 3.94. The van der Waals surface area contributed by atoms with Gasteiger partial charge in [-0.1, -0.05) is 36.4 Å². The van der Waals surface area contributed by atoms with E-state index in [0.29, 0.717) is 21.3 Å². The first kappa shape index (κ1) is 13.9. The van der Waals surface area contributed by atoms with Gasteiger partial charge in [0.2, 0.25) is 0 Å². The largest absolute Gasteiger partial charge is 0.444 e. The third kappa shape index (κ3) is 2.19. The zero-order valence-electron chi connectivity index (χ0n) is 12.3. The topological polar surface area (TPSA) is 43.4 Å². The summed E-state index contributed by atoms with van der Waals surface area (Å²) in [6.45, 7) is 2.00. The van der Waals surface area contributed by atoms with Gasteiger partial charge in [-0.3, -0.25) is 0 Å². The number of hydrogen-bond donors (Lipinski definition) is 0. The predicted octanol–water partition coefficient (Wildman–Crippen LogP) is 5.24. The highest BCUT2D eigenvalue weighted by Crippen LogP contribution is 2.30. The molecule has 4 aromatic rings. The van der Waals surface area contributed by atoms with Crippen LogP contribution in [-0.2, 0) is 0 Å². The monoisotopic (exact) mass is 320 g/mol. The molecule has 0 N–H and O–H groups in total. The maximum absolute atomic E-state index is 12.3. The lowest BCUT2D eigenvalue weighted by molar-refractivity contribution is 0.554. The summed E-state index contributed by atoms with van der Waals surface area (Å²) < 4.78 is 11.6. The van der Waals surface area contributed by atoms with Crippen LogP contribution >= 0.6 is 12.2 Å². The highest BCUT2D eigenvalue weighted by atomic mass is 32.1. The molecule has 0 atom stereocenters. The fourth-order valence-electron chi connectivity index (χ4n) is 2.78. The highest BCUT2D eigenvalue weighted by Gasteiger charge is 2.13. The van der Waals surface area contributed by atoms with Gasteiger partial charge in [0.25, 0.3) is 0 Å².